The molecule has 0 radical (unpaired) electrons. The molecular weight excluding hydrogens is 328 g/mol. The predicted octanol–water partition coefficient (Wildman–Crippen LogP) is 2.06. The van der Waals surface area contributed by atoms with Gasteiger partial charge in [0.2, 0.25) is 0 Å². The SMILES string of the molecule is COc1ccc(COC[C@H](O)CNC(=O)c2ccc[nH]c2=S)cc1. The van der Waals surface area contributed by atoms with E-state index in [4.69, 9.17) is 21.7 Å². The fourth-order valence-electron chi connectivity index (χ4n) is 2.00. The number of methoxy groups -OCH3 is 1. The van der Waals surface area contributed by atoms with Crippen molar-refractivity contribution in [1.29, 1.82) is 0 Å². The van der Waals surface area contributed by atoms with E-state index in [1.54, 1.807) is 25.4 Å². The number of carbonyl (C=O) groups is 1. The normalized spacial score (nSPS) is 11.8. The lowest BCUT2D eigenvalue weighted by atomic mass is 10.2. The Morgan fingerprint density at radius 3 is 2.75 bits per heavy atom. The van der Waals surface area contributed by atoms with Crippen molar-refractivity contribution in [3.63, 3.8) is 0 Å². The fourth-order valence-corrected chi connectivity index (χ4v) is 2.23. The summed E-state index contributed by atoms with van der Waals surface area (Å²) in [4.78, 5) is 14.8. The number of nitrogens with one attached hydrogen (secondary N) is 2. The number of hydrogen-bond acceptors (Lipinski definition) is 5. The summed E-state index contributed by atoms with van der Waals surface area (Å²) in [6.45, 7) is 0.581. The minimum Gasteiger partial charge on any atom is -0.497 e. The molecule has 0 aliphatic rings. The molecule has 0 bridgehead atoms. The Labute approximate surface area is 145 Å². The number of aliphatic hydroxyl groups is 1. The molecule has 3 N–H and O–H groups in total. The van der Waals surface area contributed by atoms with Crippen LogP contribution in [0.15, 0.2) is 42.6 Å². The summed E-state index contributed by atoms with van der Waals surface area (Å²) >= 11 is 5.04. The maximum absolute atomic E-state index is 12.0. The topological polar surface area (TPSA) is 83.6 Å². The van der Waals surface area contributed by atoms with E-state index in [0.717, 1.165) is 11.3 Å². The number of aromatic nitrogens is 1. The van der Waals surface area contributed by atoms with Crippen molar-refractivity contribution >= 4 is 18.1 Å². The van der Waals surface area contributed by atoms with E-state index < -0.39 is 6.10 Å². The molecular formula is C17H20N2O4S. The van der Waals surface area contributed by atoms with Crippen molar-refractivity contribution in [3.05, 3.63) is 58.4 Å². The highest BCUT2D eigenvalue weighted by Gasteiger charge is 2.10. The summed E-state index contributed by atoms with van der Waals surface area (Å²) in [5, 5.41) is 12.5. The van der Waals surface area contributed by atoms with Gasteiger partial charge in [0, 0.05) is 12.7 Å². The van der Waals surface area contributed by atoms with E-state index in [1.807, 2.05) is 24.3 Å². The first-order valence-electron chi connectivity index (χ1n) is 7.45. The number of aromatic amines is 1. The molecule has 6 nitrogen and oxygen atoms in total. The van der Waals surface area contributed by atoms with Gasteiger partial charge < -0.3 is 24.9 Å². The van der Waals surface area contributed by atoms with Gasteiger partial charge >= 0.3 is 0 Å². The zero-order chi connectivity index (χ0) is 17.4. The standard InChI is InChI=1S/C17H20N2O4S/c1-22-14-6-4-12(5-7-14)10-23-11-13(20)9-19-16(21)15-3-2-8-18-17(15)24/h2-8,13,20H,9-11H2,1H3,(H,18,24)(H,19,21)/t13-/m1/s1. The molecule has 0 aliphatic heterocycles. The van der Waals surface area contributed by atoms with E-state index >= 15 is 0 Å². The van der Waals surface area contributed by atoms with Crippen LogP contribution in [-0.4, -0.2) is 42.4 Å². The van der Waals surface area contributed by atoms with Gasteiger partial charge in [0.05, 0.1) is 32.0 Å². The lowest BCUT2D eigenvalue weighted by Crippen LogP contribution is -2.34. The molecule has 0 spiro atoms. The van der Waals surface area contributed by atoms with Gasteiger partial charge in [-0.2, -0.15) is 0 Å². The first kappa shape index (κ1) is 18.1. The lowest BCUT2D eigenvalue weighted by molar-refractivity contribution is 0.0285. The number of aliphatic hydroxyl groups excluding tert-OH is 1. The number of amides is 1. The molecule has 0 aliphatic carbocycles. The summed E-state index contributed by atoms with van der Waals surface area (Å²) in [5.41, 5.74) is 1.35. The van der Waals surface area contributed by atoms with Gasteiger partial charge in [-0.3, -0.25) is 4.79 Å². The Morgan fingerprint density at radius 2 is 2.08 bits per heavy atom. The maximum atomic E-state index is 12.0. The number of rotatable bonds is 8. The summed E-state index contributed by atoms with van der Waals surface area (Å²) in [5.74, 6) is 0.451. The second-order valence-corrected chi connectivity index (χ2v) is 5.55. The van der Waals surface area contributed by atoms with E-state index in [9.17, 15) is 9.90 Å². The van der Waals surface area contributed by atoms with Gasteiger partial charge in [-0.05, 0) is 29.8 Å². The van der Waals surface area contributed by atoms with Crippen molar-refractivity contribution in [3.8, 4) is 5.75 Å². The third-order valence-electron chi connectivity index (χ3n) is 3.30. The highest BCUT2D eigenvalue weighted by molar-refractivity contribution is 7.71. The Balaban J connectivity index is 1.71. The summed E-state index contributed by atoms with van der Waals surface area (Å²) in [6, 6.07) is 10.8. The highest BCUT2D eigenvalue weighted by atomic mass is 32.1. The highest BCUT2D eigenvalue weighted by Crippen LogP contribution is 2.11. The quantitative estimate of drug-likeness (QED) is 0.636. The zero-order valence-electron chi connectivity index (χ0n) is 13.3. The third-order valence-corrected chi connectivity index (χ3v) is 3.64. The molecule has 7 heteroatoms. The average Bonchev–Trinajstić information content (AvgIpc) is 2.60. The minimum atomic E-state index is -0.798. The molecule has 0 saturated heterocycles. The van der Waals surface area contributed by atoms with Crippen LogP contribution in [0.1, 0.15) is 15.9 Å². The minimum absolute atomic E-state index is 0.0884. The number of pyridine rings is 1. The fraction of sp³-hybridized carbons (Fsp3) is 0.294. The Bertz CT molecular complexity index is 715. The molecule has 1 aromatic heterocycles. The van der Waals surface area contributed by atoms with Crippen LogP contribution >= 0.6 is 12.2 Å². The van der Waals surface area contributed by atoms with Crippen molar-refractivity contribution in [2.45, 2.75) is 12.7 Å². The van der Waals surface area contributed by atoms with Crippen LogP contribution in [0, 0.1) is 4.64 Å². The number of H-pyrrole nitrogens is 1. The van der Waals surface area contributed by atoms with Crippen LogP contribution in [0.5, 0.6) is 5.75 Å². The molecule has 0 unspecified atom stereocenters. The van der Waals surface area contributed by atoms with E-state index in [2.05, 4.69) is 10.3 Å². The summed E-state index contributed by atoms with van der Waals surface area (Å²) < 4.78 is 10.9. The molecule has 1 atom stereocenters. The maximum Gasteiger partial charge on any atom is 0.254 e. The van der Waals surface area contributed by atoms with Crippen molar-refractivity contribution in [2.75, 3.05) is 20.3 Å². The molecule has 128 valence electrons. The molecule has 24 heavy (non-hydrogen) atoms. The molecule has 1 aromatic carbocycles. The van der Waals surface area contributed by atoms with Crippen LogP contribution in [0.4, 0.5) is 0 Å². The molecule has 1 heterocycles. The van der Waals surface area contributed by atoms with Crippen LogP contribution in [-0.2, 0) is 11.3 Å². The molecule has 1 amide bonds. The number of ether oxygens (including phenoxy) is 2. The van der Waals surface area contributed by atoms with Crippen molar-refractivity contribution < 1.29 is 19.4 Å². The van der Waals surface area contributed by atoms with Gasteiger partial charge in [-0.1, -0.05) is 24.4 Å². The number of benzene rings is 1. The Morgan fingerprint density at radius 1 is 1.33 bits per heavy atom. The van der Waals surface area contributed by atoms with Gasteiger partial charge in [0.1, 0.15) is 10.4 Å². The van der Waals surface area contributed by atoms with Crippen LogP contribution in [0.3, 0.4) is 0 Å². The van der Waals surface area contributed by atoms with E-state index in [-0.39, 0.29) is 19.1 Å². The van der Waals surface area contributed by atoms with Crippen LogP contribution < -0.4 is 10.1 Å². The first-order valence-corrected chi connectivity index (χ1v) is 7.85. The number of hydrogen-bond donors (Lipinski definition) is 3. The largest absolute Gasteiger partial charge is 0.497 e. The second kappa shape index (κ2) is 9.17. The van der Waals surface area contributed by atoms with Gasteiger partial charge in [-0.15, -0.1) is 0 Å². The molecule has 0 saturated carbocycles. The first-order chi connectivity index (χ1) is 11.6. The summed E-state index contributed by atoms with van der Waals surface area (Å²) in [6.07, 6.45) is 0.856. The lowest BCUT2D eigenvalue weighted by Gasteiger charge is -2.12. The Hall–Kier alpha value is -2.22. The monoisotopic (exact) mass is 348 g/mol. The summed E-state index contributed by atoms with van der Waals surface area (Å²) in [7, 11) is 1.61. The number of carbonyl (C=O) groups excluding carboxylic acids is 1. The van der Waals surface area contributed by atoms with Gasteiger partial charge in [0.15, 0.2) is 0 Å². The van der Waals surface area contributed by atoms with Crippen LogP contribution in [0.2, 0.25) is 0 Å². The van der Waals surface area contributed by atoms with Gasteiger partial charge in [-0.25, -0.2) is 0 Å². The van der Waals surface area contributed by atoms with Crippen LogP contribution in [0.25, 0.3) is 0 Å². The van der Waals surface area contributed by atoms with Gasteiger partial charge in [0.25, 0.3) is 5.91 Å². The molecule has 2 rings (SSSR count). The molecule has 2 aromatic rings. The smallest absolute Gasteiger partial charge is 0.254 e. The Kier molecular flexibility index (Phi) is 6.92. The second-order valence-electron chi connectivity index (χ2n) is 5.14. The van der Waals surface area contributed by atoms with Crippen molar-refractivity contribution in [1.82, 2.24) is 10.3 Å². The zero-order valence-corrected chi connectivity index (χ0v) is 14.1. The predicted molar refractivity (Wildman–Crippen MR) is 92.6 cm³/mol. The van der Waals surface area contributed by atoms with E-state index in [0.29, 0.717) is 16.8 Å². The average molecular weight is 348 g/mol. The van der Waals surface area contributed by atoms with E-state index in [1.165, 1.54) is 0 Å². The van der Waals surface area contributed by atoms with Crippen molar-refractivity contribution in [2.24, 2.45) is 0 Å². The molecule has 0 fully saturated rings. The third kappa shape index (κ3) is 5.45.